The molecule has 2 aliphatic rings. The molecule has 0 spiro atoms. The average molecular weight is 498 g/mol. The Morgan fingerprint density at radius 1 is 1.15 bits per heavy atom. The number of carbonyl (C=O) groups is 2. The number of halogens is 2. The molecule has 0 radical (unpaired) electrons. The molecular formula is C25H38Cl2N4O2. The lowest BCUT2D eigenvalue weighted by Gasteiger charge is -2.35. The van der Waals surface area contributed by atoms with Crippen molar-refractivity contribution in [2.75, 3.05) is 33.2 Å². The highest BCUT2D eigenvalue weighted by molar-refractivity contribution is 6.42. The van der Waals surface area contributed by atoms with Crippen molar-refractivity contribution >= 4 is 35.0 Å². The summed E-state index contributed by atoms with van der Waals surface area (Å²) in [5.74, 6) is 2.02. The number of nitrogens with one attached hydrogen (secondary N) is 3. The molecule has 2 fully saturated rings. The Hall–Kier alpha value is -1.34. The predicted octanol–water partition coefficient (Wildman–Crippen LogP) is 3.96. The molecule has 3 rings (SSSR count). The highest BCUT2D eigenvalue weighted by Gasteiger charge is 2.33. The normalized spacial score (nSPS) is 28.5. The minimum Gasteiger partial charge on any atom is -0.350 e. The maximum atomic E-state index is 13.4. The summed E-state index contributed by atoms with van der Waals surface area (Å²) in [6.45, 7) is 7.43. The van der Waals surface area contributed by atoms with E-state index in [4.69, 9.17) is 23.2 Å². The van der Waals surface area contributed by atoms with Crippen molar-refractivity contribution in [3.8, 4) is 0 Å². The second-order valence-electron chi connectivity index (χ2n) is 10.0. The van der Waals surface area contributed by atoms with Gasteiger partial charge in [0.2, 0.25) is 5.91 Å². The summed E-state index contributed by atoms with van der Waals surface area (Å²) in [5, 5.41) is 10.5. The van der Waals surface area contributed by atoms with Crippen molar-refractivity contribution < 1.29 is 9.59 Å². The zero-order chi connectivity index (χ0) is 24.0. The molecule has 3 N–H and O–H groups in total. The molecule has 0 aromatic heterocycles. The van der Waals surface area contributed by atoms with E-state index in [0.29, 0.717) is 34.6 Å². The van der Waals surface area contributed by atoms with E-state index >= 15 is 0 Å². The fraction of sp³-hybridized carbons (Fsp3) is 0.680. The SMILES string of the molecule is CNCCC1NC(CNC(=O)c2ccc(Cl)c(Cl)c2)CCN(CC2CC(C)CC(C)C2)C1=O. The quantitative estimate of drug-likeness (QED) is 0.509. The van der Waals surface area contributed by atoms with Gasteiger partial charge in [-0.15, -0.1) is 0 Å². The van der Waals surface area contributed by atoms with Crippen molar-refractivity contribution in [2.24, 2.45) is 17.8 Å². The number of benzene rings is 1. The van der Waals surface area contributed by atoms with E-state index in [1.165, 1.54) is 19.3 Å². The second kappa shape index (κ2) is 12.4. The van der Waals surface area contributed by atoms with Gasteiger partial charge in [-0.2, -0.15) is 0 Å². The Kier molecular flexibility index (Phi) is 9.86. The smallest absolute Gasteiger partial charge is 0.251 e. The topological polar surface area (TPSA) is 73.5 Å². The van der Waals surface area contributed by atoms with Gasteiger partial charge in [0, 0.05) is 31.2 Å². The summed E-state index contributed by atoms with van der Waals surface area (Å²) in [5.41, 5.74) is 0.475. The van der Waals surface area contributed by atoms with Crippen LogP contribution in [-0.2, 0) is 4.79 Å². The summed E-state index contributed by atoms with van der Waals surface area (Å²) in [6, 6.07) is 4.64. The molecule has 1 heterocycles. The summed E-state index contributed by atoms with van der Waals surface area (Å²) < 4.78 is 0. The lowest BCUT2D eigenvalue weighted by atomic mass is 9.76. The lowest BCUT2D eigenvalue weighted by molar-refractivity contribution is -0.133. The number of hydrogen-bond acceptors (Lipinski definition) is 4. The monoisotopic (exact) mass is 496 g/mol. The van der Waals surface area contributed by atoms with E-state index in [2.05, 4.69) is 34.7 Å². The number of nitrogens with zero attached hydrogens (tertiary/aromatic N) is 1. The van der Waals surface area contributed by atoms with Crippen LogP contribution in [0.25, 0.3) is 0 Å². The van der Waals surface area contributed by atoms with Gasteiger partial charge in [0.05, 0.1) is 16.1 Å². The Balaban J connectivity index is 1.62. The van der Waals surface area contributed by atoms with Crippen LogP contribution in [0.4, 0.5) is 0 Å². The molecule has 1 aliphatic carbocycles. The highest BCUT2D eigenvalue weighted by Crippen LogP contribution is 2.33. The predicted molar refractivity (Wildman–Crippen MR) is 135 cm³/mol. The Morgan fingerprint density at radius 2 is 1.88 bits per heavy atom. The van der Waals surface area contributed by atoms with E-state index in [1.54, 1.807) is 18.2 Å². The molecule has 4 unspecified atom stereocenters. The zero-order valence-electron chi connectivity index (χ0n) is 20.0. The third-order valence-electron chi connectivity index (χ3n) is 6.92. The number of hydrogen-bond donors (Lipinski definition) is 3. The van der Waals surface area contributed by atoms with E-state index < -0.39 is 0 Å². The highest BCUT2D eigenvalue weighted by atomic mass is 35.5. The molecule has 0 bridgehead atoms. The largest absolute Gasteiger partial charge is 0.350 e. The van der Waals surface area contributed by atoms with Crippen molar-refractivity contribution in [1.29, 1.82) is 0 Å². The first-order valence-electron chi connectivity index (χ1n) is 12.2. The molecule has 1 saturated heterocycles. The second-order valence-corrected chi connectivity index (χ2v) is 10.8. The molecule has 1 saturated carbocycles. The maximum absolute atomic E-state index is 13.4. The summed E-state index contributed by atoms with van der Waals surface area (Å²) >= 11 is 12.0. The summed E-state index contributed by atoms with van der Waals surface area (Å²) in [4.78, 5) is 28.1. The lowest BCUT2D eigenvalue weighted by Crippen LogP contribution is -2.50. The van der Waals surface area contributed by atoms with Crippen molar-refractivity contribution in [1.82, 2.24) is 20.9 Å². The molecule has 1 aromatic rings. The van der Waals surface area contributed by atoms with Crippen LogP contribution in [0.5, 0.6) is 0 Å². The Labute approximate surface area is 208 Å². The van der Waals surface area contributed by atoms with Crippen LogP contribution >= 0.6 is 23.2 Å². The van der Waals surface area contributed by atoms with Gasteiger partial charge in [0.15, 0.2) is 0 Å². The van der Waals surface area contributed by atoms with E-state index in [1.807, 2.05) is 7.05 Å². The van der Waals surface area contributed by atoms with Gasteiger partial charge in [0.1, 0.15) is 0 Å². The first kappa shape index (κ1) is 26.3. The minimum atomic E-state index is -0.245. The molecule has 6 nitrogen and oxygen atoms in total. The summed E-state index contributed by atoms with van der Waals surface area (Å²) in [6.07, 6.45) is 5.22. The van der Waals surface area contributed by atoms with Gasteiger partial charge in [-0.3, -0.25) is 9.59 Å². The van der Waals surface area contributed by atoms with Crippen LogP contribution in [0.3, 0.4) is 0 Å². The van der Waals surface area contributed by atoms with Crippen molar-refractivity contribution in [3.05, 3.63) is 33.8 Å². The van der Waals surface area contributed by atoms with Gasteiger partial charge in [-0.05, 0) is 81.6 Å². The Morgan fingerprint density at radius 3 is 2.55 bits per heavy atom. The fourth-order valence-corrected chi connectivity index (χ4v) is 5.75. The van der Waals surface area contributed by atoms with Crippen LogP contribution in [0.15, 0.2) is 18.2 Å². The minimum absolute atomic E-state index is 0.0248. The molecule has 1 aliphatic heterocycles. The Bertz CT molecular complexity index is 812. The molecule has 184 valence electrons. The van der Waals surface area contributed by atoms with Crippen LogP contribution in [0.1, 0.15) is 56.3 Å². The van der Waals surface area contributed by atoms with Crippen LogP contribution < -0.4 is 16.0 Å². The van der Waals surface area contributed by atoms with E-state index in [0.717, 1.165) is 37.8 Å². The number of rotatable bonds is 8. The number of amides is 2. The standard InChI is InChI=1S/C25H38Cl2N4O2/c1-16-10-17(2)12-18(11-16)15-31-9-7-20(30-23(25(31)33)6-8-28-3)14-29-24(32)19-4-5-21(26)22(27)13-19/h4-5,13,16-18,20,23,28,30H,6-12,14-15H2,1-3H3,(H,29,32). The molecule has 33 heavy (non-hydrogen) atoms. The average Bonchev–Trinajstić information content (AvgIpc) is 2.91. The van der Waals surface area contributed by atoms with Crippen molar-refractivity contribution in [3.63, 3.8) is 0 Å². The molecule has 2 amide bonds. The third-order valence-corrected chi connectivity index (χ3v) is 7.66. The first-order chi connectivity index (χ1) is 15.8. The maximum Gasteiger partial charge on any atom is 0.251 e. The molecule has 4 atom stereocenters. The van der Waals surface area contributed by atoms with E-state index in [-0.39, 0.29) is 23.9 Å². The fourth-order valence-electron chi connectivity index (χ4n) is 5.45. The number of carbonyl (C=O) groups excluding carboxylic acids is 2. The molecular weight excluding hydrogens is 459 g/mol. The first-order valence-corrected chi connectivity index (χ1v) is 12.9. The zero-order valence-corrected chi connectivity index (χ0v) is 21.5. The van der Waals surface area contributed by atoms with Gasteiger partial charge < -0.3 is 20.9 Å². The van der Waals surface area contributed by atoms with Crippen LogP contribution in [0.2, 0.25) is 10.0 Å². The van der Waals surface area contributed by atoms with Crippen LogP contribution in [-0.4, -0.2) is 62.0 Å². The van der Waals surface area contributed by atoms with Gasteiger partial charge in [-0.1, -0.05) is 37.0 Å². The third kappa shape index (κ3) is 7.57. The van der Waals surface area contributed by atoms with Crippen LogP contribution in [0, 0.1) is 17.8 Å². The van der Waals surface area contributed by atoms with Crippen molar-refractivity contribution in [2.45, 2.75) is 58.0 Å². The van der Waals surface area contributed by atoms with Gasteiger partial charge >= 0.3 is 0 Å². The molecule has 1 aromatic carbocycles. The summed E-state index contributed by atoms with van der Waals surface area (Å²) in [7, 11) is 1.90. The van der Waals surface area contributed by atoms with Gasteiger partial charge in [0.25, 0.3) is 5.91 Å². The molecule has 8 heteroatoms. The van der Waals surface area contributed by atoms with E-state index in [9.17, 15) is 9.59 Å². The van der Waals surface area contributed by atoms with Gasteiger partial charge in [-0.25, -0.2) is 0 Å².